The standard InChI is InChI=1S/C13H23N3O/c1-8(2)10(5)7-15-12(9(3)4)13(17)16-11(6)14/h7-8,10H,6,14H2,1-5H3,(H,16,17). The number of allylic oxidation sites excluding steroid dienone is 1. The zero-order valence-corrected chi connectivity index (χ0v) is 11.4. The Morgan fingerprint density at radius 1 is 1.35 bits per heavy atom. The van der Waals surface area contributed by atoms with Crippen LogP contribution < -0.4 is 11.1 Å². The minimum Gasteiger partial charge on any atom is -0.386 e. The summed E-state index contributed by atoms with van der Waals surface area (Å²) in [5.74, 6) is 0.619. The van der Waals surface area contributed by atoms with Crippen molar-refractivity contribution in [3.05, 3.63) is 23.7 Å². The molecule has 0 radical (unpaired) electrons. The van der Waals surface area contributed by atoms with E-state index in [1.54, 1.807) is 6.21 Å². The van der Waals surface area contributed by atoms with Crippen molar-refractivity contribution in [3.8, 4) is 0 Å². The second kappa shape index (κ2) is 6.89. The van der Waals surface area contributed by atoms with E-state index < -0.39 is 0 Å². The fraction of sp³-hybridized carbons (Fsp3) is 0.538. The second-order valence-electron chi connectivity index (χ2n) is 4.71. The monoisotopic (exact) mass is 237 g/mol. The van der Waals surface area contributed by atoms with Crippen molar-refractivity contribution in [1.82, 2.24) is 5.32 Å². The largest absolute Gasteiger partial charge is 0.386 e. The number of hydrogen-bond acceptors (Lipinski definition) is 3. The van der Waals surface area contributed by atoms with Crippen LogP contribution in [-0.2, 0) is 4.79 Å². The van der Waals surface area contributed by atoms with Crippen molar-refractivity contribution >= 4 is 12.1 Å². The highest BCUT2D eigenvalue weighted by molar-refractivity contribution is 5.96. The summed E-state index contributed by atoms with van der Waals surface area (Å²) < 4.78 is 0. The van der Waals surface area contributed by atoms with Gasteiger partial charge in [0.2, 0.25) is 0 Å². The van der Waals surface area contributed by atoms with Gasteiger partial charge in [-0.05, 0) is 31.3 Å². The van der Waals surface area contributed by atoms with Gasteiger partial charge in [0.15, 0.2) is 0 Å². The molecule has 0 saturated carbocycles. The highest BCUT2D eigenvalue weighted by Crippen LogP contribution is 2.10. The van der Waals surface area contributed by atoms with Gasteiger partial charge < -0.3 is 11.1 Å². The summed E-state index contributed by atoms with van der Waals surface area (Å²) in [7, 11) is 0. The molecule has 3 N–H and O–H groups in total. The summed E-state index contributed by atoms with van der Waals surface area (Å²) >= 11 is 0. The second-order valence-corrected chi connectivity index (χ2v) is 4.71. The molecule has 0 aromatic heterocycles. The average Bonchev–Trinajstić information content (AvgIpc) is 2.15. The third-order valence-corrected chi connectivity index (χ3v) is 2.45. The molecular weight excluding hydrogens is 214 g/mol. The third-order valence-electron chi connectivity index (χ3n) is 2.45. The van der Waals surface area contributed by atoms with Crippen LogP contribution in [0.2, 0.25) is 0 Å². The lowest BCUT2D eigenvalue weighted by Crippen LogP contribution is -2.28. The van der Waals surface area contributed by atoms with E-state index in [0.29, 0.717) is 17.5 Å². The van der Waals surface area contributed by atoms with Gasteiger partial charge in [0.25, 0.3) is 5.91 Å². The van der Waals surface area contributed by atoms with Crippen LogP contribution in [0.25, 0.3) is 0 Å². The van der Waals surface area contributed by atoms with Crippen molar-refractivity contribution in [2.24, 2.45) is 22.6 Å². The summed E-state index contributed by atoms with van der Waals surface area (Å²) in [6.07, 6.45) is 1.80. The molecule has 1 amide bonds. The summed E-state index contributed by atoms with van der Waals surface area (Å²) in [4.78, 5) is 16.0. The fourth-order valence-corrected chi connectivity index (χ4v) is 0.984. The highest BCUT2D eigenvalue weighted by atomic mass is 16.2. The van der Waals surface area contributed by atoms with Crippen molar-refractivity contribution in [2.45, 2.75) is 34.6 Å². The number of rotatable bonds is 5. The number of carbonyl (C=O) groups excluding carboxylic acids is 1. The molecule has 1 atom stereocenters. The molecule has 0 heterocycles. The van der Waals surface area contributed by atoms with Crippen LogP contribution in [0.4, 0.5) is 0 Å². The molecule has 0 fully saturated rings. The summed E-state index contributed by atoms with van der Waals surface area (Å²) in [6, 6.07) is 0. The van der Waals surface area contributed by atoms with Crippen LogP contribution in [0.15, 0.2) is 28.7 Å². The van der Waals surface area contributed by atoms with E-state index in [-0.39, 0.29) is 11.7 Å². The lowest BCUT2D eigenvalue weighted by molar-refractivity contribution is -0.116. The topological polar surface area (TPSA) is 67.5 Å². The number of nitrogens with two attached hydrogens (primary N) is 1. The number of nitrogens with zero attached hydrogens (tertiary/aromatic N) is 1. The van der Waals surface area contributed by atoms with Gasteiger partial charge in [-0.3, -0.25) is 9.79 Å². The molecule has 4 nitrogen and oxygen atoms in total. The molecule has 96 valence electrons. The lowest BCUT2D eigenvalue weighted by Gasteiger charge is -2.10. The molecule has 0 rings (SSSR count). The SMILES string of the molecule is C=C(N)NC(=O)C(N=CC(C)C(C)C)=C(C)C. The normalized spacial score (nSPS) is 12.6. The predicted molar refractivity (Wildman–Crippen MR) is 72.3 cm³/mol. The quantitative estimate of drug-likeness (QED) is 0.568. The molecule has 0 aliphatic rings. The average molecular weight is 237 g/mol. The van der Waals surface area contributed by atoms with Gasteiger partial charge in [0, 0.05) is 6.21 Å². The summed E-state index contributed by atoms with van der Waals surface area (Å²) in [5.41, 5.74) is 6.57. The van der Waals surface area contributed by atoms with E-state index >= 15 is 0 Å². The number of nitrogens with one attached hydrogen (secondary N) is 1. The molecule has 0 aromatic carbocycles. The maximum Gasteiger partial charge on any atom is 0.275 e. The minimum absolute atomic E-state index is 0.126. The van der Waals surface area contributed by atoms with Gasteiger partial charge in [-0.25, -0.2) is 0 Å². The van der Waals surface area contributed by atoms with Gasteiger partial charge in [-0.2, -0.15) is 0 Å². The lowest BCUT2D eigenvalue weighted by atomic mass is 10.00. The summed E-state index contributed by atoms with van der Waals surface area (Å²) in [5, 5.41) is 2.45. The Morgan fingerprint density at radius 3 is 2.24 bits per heavy atom. The predicted octanol–water partition coefficient (Wildman–Crippen LogP) is 2.19. The smallest absolute Gasteiger partial charge is 0.275 e. The van der Waals surface area contributed by atoms with Gasteiger partial charge in [0.1, 0.15) is 5.70 Å². The molecule has 0 aliphatic heterocycles. The Bertz CT molecular complexity index is 350. The van der Waals surface area contributed by atoms with Crippen molar-refractivity contribution in [1.29, 1.82) is 0 Å². The van der Waals surface area contributed by atoms with Crippen LogP contribution in [0.3, 0.4) is 0 Å². The molecule has 0 bridgehead atoms. The zero-order valence-electron chi connectivity index (χ0n) is 11.4. The van der Waals surface area contributed by atoms with Crippen LogP contribution in [0.1, 0.15) is 34.6 Å². The number of aliphatic imine (C=N–C) groups is 1. The molecule has 4 heteroatoms. The van der Waals surface area contributed by atoms with Crippen LogP contribution in [0, 0.1) is 11.8 Å². The number of carbonyl (C=O) groups is 1. The molecule has 17 heavy (non-hydrogen) atoms. The Balaban J connectivity index is 4.86. The van der Waals surface area contributed by atoms with Gasteiger partial charge in [0.05, 0.1) is 5.82 Å². The van der Waals surface area contributed by atoms with Gasteiger partial charge >= 0.3 is 0 Å². The van der Waals surface area contributed by atoms with Crippen LogP contribution >= 0.6 is 0 Å². The summed E-state index contributed by atoms with van der Waals surface area (Å²) in [6.45, 7) is 13.4. The first kappa shape index (κ1) is 15.4. The third kappa shape index (κ3) is 5.90. The number of hydrogen-bond donors (Lipinski definition) is 2. The Hall–Kier alpha value is -1.58. The zero-order chi connectivity index (χ0) is 13.6. The number of amides is 1. The molecular formula is C13H23N3O. The van der Waals surface area contributed by atoms with Crippen LogP contribution in [0.5, 0.6) is 0 Å². The van der Waals surface area contributed by atoms with Crippen molar-refractivity contribution < 1.29 is 4.79 Å². The first-order valence-corrected chi connectivity index (χ1v) is 5.73. The van der Waals surface area contributed by atoms with Gasteiger partial charge in [-0.1, -0.05) is 27.4 Å². The molecule has 1 unspecified atom stereocenters. The fourth-order valence-electron chi connectivity index (χ4n) is 0.984. The molecule has 0 aromatic rings. The Kier molecular flexibility index (Phi) is 6.25. The van der Waals surface area contributed by atoms with E-state index in [1.807, 2.05) is 13.8 Å². The van der Waals surface area contributed by atoms with Crippen molar-refractivity contribution in [3.63, 3.8) is 0 Å². The van der Waals surface area contributed by atoms with E-state index in [4.69, 9.17) is 5.73 Å². The highest BCUT2D eigenvalue weighted by Gasteiger charge is 2.11. The molecule has 0 saturated heterocycles. The Labute approximate surface area is 104 Å². The van der Waals surface area contributed by atoms with E-state index in [1.165, 1.54) is 0 Å². The Morgan fingerprint density at radius 2 is 1.88 bits per heavy atom. The van der Waals surface area contributed by atoms with Gasteiger partial charge in [-0.15, -0.1) is 0 Å². The van der Waals surface area contributed by atoms with Crippen LogP contribution in [-0.4, -0.2) is 12.1 Å². The first-order chi connectivity index (χ1) is 7.75. The van der Waals surface area contributed by atoms with E-state index in [2.05, 4.69) is 37.7 Å². The maximum absolute atomic E-state index is 11.8. The minimum atomic E-state index is -0.315. The van der Waals surface area contributed by atoms with E-state index in [0.717, 1.165) is 5.57 Å². The first-order valence-electron chi connectivity index (χ1n) is 5.73. The molecule has 0 aliphatic carbocycles. The van der Waals surface area contributed by atoms with E-state index in [9.17, 15) is 4.79 Å². The molecule has 0 spiro atoms. The maximum atomic E-state index is 11.8. The van der Waals surface area contributed by atoms with Crippen molar-refractivity contribution in [2.75, 3.05) is 0 Å².